The lowest BCUT2D eigenvalue weighted by atomic mass is 9.97. The Morgan fingerprint density at radius 1 is 1.00 bits per heavy atom. The standard InChI is InChI=1S/C28H31N3O4/c1-19-9-7-13-22(17-19)31(25(32)18-29-27(33)24-15-8-16-35-24)26(23-14-6-3-10-20(23)2)28(34)30-21-11-4-5-12-21/h3,6-10,13-17,21,26H,4-5,11-12,18H2,1-2H3,(H,29,33)(H,30,34)/t26-/m1/s1. The molecular weight excluding hydrogens is 442 g/mol. The molecule has 1 atom stereocenters. The minimum atomic E-state index is -0.883. The second kappa shape index (κ2) is 11.0. The van der Waals surface area contributed by atoms with Gasteiger partial charge in [-0.15, -0.1) is 0 Å². The maximum atomic E-state index is 13.8. The summed E-state index contributed by atoms with van der Waals surface area (Å²) < 4.78 is 5.13. The summed E-state index contributed by atoms with van der Waals surface area (Å²) >= 11 is 0. The molecular formula is C28H31N3O4. The van der Waals surface area contributed by atoms with Crippen LogP contribution >= 0.6 is 0 Å². The number of anilines is 1. The van der Waals surface area contributed by atoms with E-state index in [-0.39, 0.29) is 24.3 Å². The van der Waals surface area contributed by atoms with E-state index in [0.29, 0.717) is 5.69 Å². The van der Waals surface area contributed by atoms with Crippen molar-refractivity contribution < 1.29 is 18.8 Å². The fraction of sp³-hybridized carbons (Fsp3) is 0.321. The van der Waals surface area contributed by atoms with Crippen LogP contribution in [0.5, 0.6) is 0 Å². The number of nitrogens with one attached hydrogen (secondary N) is 2. The maximum Gasteiger partial charge on any atom is 0.287 e. The Morgan fingerprint density at radius 2 is 1.77 bits per heavy atom. The lowest BCUT2D eigenvalue weighted by Crippen LogP contribution is -2.49. The minimum Gasteiger partial charge on any atom is -0.459 e. The number of hydrogen-bond donors (Lipinski definition) is 2. The van der Waals surface area contributed by atoms with Crippen molar-refractivity contribution in [1.29, 1.82) is 0 Å². The van der Waals surface area contributed by atoms with Gasteiger partial charge in [-0.3, -0.25) is 19.3 Å². The smallest absolute Gasteiger partial charge is 0.287 e. The van der Waals surface area contributed by atoms with Crippen molar-refractivity contribution in [1.82, 2.24) is 10.6 Å². The molecule has 0 unspecified atom stereocenters. The van der Waals surface area contributed by atoms with Crippen LogP contribution in [0.4, 0.5) is 5.69 Å². The Balaban J connectivity index is 1.70. The van der Waals surface area contributed by atoms with Crippen LogP contribution in [0.3, 0.4) is 0 Å². The third-order valence-electron chi connectivity index (χ3n) is 6.38. The van der Waals surface area contributed by atoms with Crippen LogP contribution in [-0.2, 0) is 9.59 Å². The SMILES string of the molecule is Cc1cccc(N(C(=O)CNC(=O)c2ccco2)[C@@H](C(=O)NC2CCCC2)c2ccccc2C)c1. The molecule has 7 nitrogen and oxygen atoms in total. The monoisotopic (exact) mass is 473 g/mol. The first kappa shape index (κ1) is 24.3. The molecule has 4 rings (SSSR count). The van der Waals surface area contributed by atoms with Crippen molar-refractivity contribution in [2.24, 2.45) is 0 Å². The average Bonchev–Trinajstić information content (AvgIpc) is 3.56. The molecule has 1 fully saturated rings. The molecule has 2 N–H and O–H groups in total. The van der Waals surface area contributed by atoms with Crippen LogP contribution < -0.4 is 15.5 Å². The lowest BCUT2D eigenvalue weighted by molar-refractivity contribution is -0.126. The summed E-state index contributed by atoms with van der Waals surface area (Å²) in [5.41, 5.74) is 3.20. The Kier molecular flexibility index (Phi) is 7.65. The molecule has 182 valence electrons. The van der Waals surface area contributed by atoms with Crippen molar-refractivity contribution >= 4 is 23.4 Å². The van der Waals surface area contributed by atoms with E-state index >= 15 is 0 Å². The molecule has 0 aliphatic heterocycles. The topological polar surface area (TPSA) is 91.7 Å². The van der Waals surface area contributed by atoms with Crippen LogP contribution in [-0.4, -0.2) is 30.3 Å². The summed E-state index contributed by atoms with van der Waals surface area (Å²) in [6, 6.07) is 17.4. The van der Waals surface area contributed by atoms with E-state index in [4.69, 9.17) is 4.42 Å². The van der Waals surface area contributed by atoms with Crippen molar-refractivity contribution in [3.05, 3.63) is 89.4 Å². The predicted octanol–water partition coefficient (Wildman–Crippen LogP) is 4.46. The zero-order valence-electron chi connectivity index (χ0n) is 20.1. The van der Waals surface area contributed by atoms with Crippen molar-refractivity contribution in [2.75, 3.05) is 11.4 Å². The molecule has 1 heterocycles. The molecule has 7 heteroatoms. The molecule has 1 aliphatic rings. The van der Waals surface area contributed by atoms with Gasteiger partial charge in [0.2, 0.25) is 11.8 Å². The van der Waals surface area contributed by atoms with Gasteiger partial charge in [0.25, 0.3) is 5.91 Å². The summed E-state index contributed by atoms with van der Waals surface area (Å²) in [6.07, 6.45) is 5.43. The summed E-state index contributed by atoms with van der Waals surface area (Å²) in [5.74, 6) is -0.992. The van der Waals surface area contributed by atoms with Crippen LogP contribution in [0.15, 0.2) is 71.3 Å². The van der Waals surface area contributed by atoms with E-state index in [1.807, 2.05) is 62.4 Å². The van der Waals surface area contributed by atoms with Gasteiger partial charge in [0, 0.05) is 11.7 Å². The predicted molar refractivity (Wildman–Crippen MR) is 134 cm³/mol. The van der Waals surface area contributed by atoms with Crippen molar-refractivity contribution in [3.8, 4) is 0 Å². The number of furan rings is 1. The van der Waals surface area contributed by atoms with Gasteiger partial charge >= 0.3 is 0 Å². The second-order valence-corrected chi connectivity index (χ2v) is 9.01. The number of rotatable bonds is 8. The van der Waals surface area contributed by atoms with E-state index in [1.54, 1.807) is 6.07 Å². The molecule has 1 saturated carbocycles. The van der Waals surface area contributed by atoms with E-state index in [9.17, 15) is 14.4 Å². The van der Waals surface area contributed by atoms with Crippen LogP contribution in [0.2, 0.25) is 0 Å². The first-order valence-corrected chi connectivity index (χ1v) is 12.0. The zero-order valence-corrected chi connectivity index (χ0v) is 20.1. The first-order valence-electron chi connectivity index (χ1n) is 12.0. The van der Waals surface area contributed by atoms with Gasteiger partial charge in [-0.05, 0) is 67.6 Å². The second-order valence-electron chi connectivity index (χ2n) is 9.01. The van der Waals surface area contributed by atoms with Gasteiger partial charge in [0.05, 0.1) is 12.8 Å². The summed E-state index contributed by atoms with van der Waals surface area (Å²) in [4.78, 5) is 41.4. The van der Waals surface area contributed by atoms with Gasteiger partial charge in [0.15, 0.2) is 5.76 Å². The third-order valence-corrected chi connectivity index (χ3v) is 6.38. The first-order chi connectivity index (χ1) is 16.9. The number of aryl methyl sites for hydroxylation is 2. The van der Waals surface area contributed by atoms with E-state index in [2.05, 4.69) is 10.6 Å². The molecule has 3 aromatic rings. The lowest BCUT2D eigenvalue weighted by Gasteiger charge is -2.33. The van der Waals surface area contributed by atoms with Gasteiger partial charge < -0.3 is 15.1 Å². The Hall–Kier alpha value is -3.87. The molecule has 35 heavy (non-hydrogen) atoms. The number of carbonyl (C=O) groups is 3. The summed E-state index contributed by atoms with van der Waals surface area (Å²) in [7, 11) is 0. The molecule has 1 aliphatic carbocycles. The van der Waals surface area contributed by atoms with Crippen molar-refractivity contribution in [3.63, 3.8) is 0 Å². The Bertz CT molecular complexity index is 1180. The normalized spacial score (nSPS) is 14.3. The highest BCUT2D eigenvalue weighted by Gasteiger charge is 2.35. The quantitative estimate of drug-likeness (QED) is 0.505. The summed E-state index contributed by atoms with van der Waals surface area (Å²) in [6.45, 7) is 3.58. The van der Waals surface area contributed by atoms with E-state index < -0.39 is 17.9 Å². The largest absolute Gasteiger partial charge is 0.459 e. The molecule has 0 radical (unpaired) electrons. The van der Waals surface area contributed by atoms with Gasteiger partial charge in [-0.1, -0.05) is 49.2 Å². The Morgan fingerprint density at radius 3 is 2.46 bits per heavy atom. The highest BCUT2D eigenvalue weighted by Crippen LogP contribution is 2.31. The van der Waals surface area contributed by atoms with Crippen LogP contribution in [0, 0.1) is 13.8 Å². The summed E-state index contributed by atoms with van der Waals surface area (Å²) in [5, 5.41) is 5.80. The van der Waals surface area contributed by atoms with E-state index in [1.165, 1.54) is 17.2 Å². The fourth-order valence-corrected chi connectivity index (χ4v) is 4.59. The fourth-order valence-electron chi connectivity index (χ4n) is 4.59. The number of benzene rings is 2. The highest BCUT2D eigenvalue weighted by molar-refractivity contribution is 6.04. The number of carbonyl (C=O) groups excluding carboxylic acids is 3. The van der Waals surface area contributed by atoms with Gasteiger partial charge in [0.1, 0.15) is 6.04 Å². The average molecular weight is 474 g/mol. The molecule has 0 bridgehead atoms. The van der Waals surface area contributed by atoms with Crippen LogP contribution in [0.1, 0.15) is 59.0 Å². The van der Waals surface area contributed by atoms with Crippen molar-refractivity contribution in [2.45, 2.75) is 51.6 Å². The molecule has 2 aromatic carbocycles. The number of hydrogen-bond acceptors (Lipinski definition) is 4. The maximum absolute atomic E-state index is 13.8. The molecule has 0 saturated heterocycles. The third kappa shape index (κ3) is 5.80. The zero-order chi connectivity index (χ0) is 24.8. The van der Waals surface area contributed by atoms with E-state index in [0.717, 1.165) is 42.4 Å². The number of amides is 3. The number of nitrogens with zero attached hydrogens (tertiary/aromatic N) is 1. The Labute approximate surface area is 205 Å². The van der Waals surface area contributed by atoms with Crippen LogP contribution in [0.25, 0.3) is 0 Å². The van der Waals surface area contributed by atoms with Gasteiger partial charge in [-0.2, -0.15) is 0 Å². The highest BCUT2D eigenvalue weighted by atomic mass is 16.3. The van der Waals surface area contributed by atoms with Gasteiger partial charge in [-0.25, -0.2) is 0 Å². The molecule has 0 spiro atoms. The molecule has 3 amide bonds. The molecule has 1 aromatic heterocycles. The minimum absolute atomic E-state index is 0.0992.